The van der Waals surface area contributed by atoms with Crippen molar-refractivity contribution in [3.63, 3.8) is 0 Å². The highest BCUT2D eigenvalue weighted by molar-refractivity contribution is 5.40. The van der Waals surface area contributed by atoms with Crippen molar-refractivity contribution in [2.45, 2.75) is 19.3 Å². The van der Waals surface area contributed by atoms with Crippen LogP contribution in [0, 0.1) is 0 Å². The van der Waals surface area contributed by atoms with E-state index < -0.39 is 0 Å². The SMILES string of the molecule is CCc1ccc(OC)c(C(CO)CO)c1. The summed E-state index contributed by atoms with van der Waals surface area (Å²) < 4.78 is 5.21. The van der Waals surface area contributed by atoms with Gasteiger partial charge in [0.1, 0.15) is 5.75 Å². The Balaban J connectivity index is 3.09. The molecule has 0 fully saturated rings. The zero-order valence-corrected chi connectivity index (χ0v) is 9.23. The van der Waals surface area contributed by atoms with Gasteiger partial charge in [-0.1, -0.05) is 19.1 Å². The molecule has 3 nitrogen and oxygen atoms in total. The summed E-state index contributed by atoms with van der Waals surface area (Å²) in [4.78, 5) is 0. The Morgan fingerprint density at radius 3 is 2.40 bits per heavy atom. The predicted molar refractivity (Wildman–Crippen MR) is 59.3 cm³/mol. The summed E-state index contributed by atoms with van der Waals surface area (Å²) in [7, 11) is 1.59. The number of hydrogen-bond donors (Lipinski definition) is 2. The number of aliphatic hydroxyl groups excluding tert-OH is 2. The molecule has 84 valence electrons. The molecule has 2 N–H and O–H groups in total. The molecule has 1 aromatic carbocycles. The van der Waals surface area contributed by atoms with E-state index >= 15 is 0 Å². The molecule has 0 aliphatic heterocycles. The third-order valence-corrected chi connectivity index (χ3v) is 2.58. The molecule has 0 heterocycles. The largest absolute Gasteiger partial charge is 0.496 e. The minimum absolute atomic E-state index is 0.0694. The minimum atomic E-state index is -0.258. The highest BCUT2D eigenvalue weighted by Gasteiger charge is 2.14. The summed E-state index contributed by atoms with van der Waals surface area (Å²) in [5, 5.41) is 18.3. The fraction of sp³-hybridized carbons (Fsp3) is 0.500. The molecule has 1 aromatic rings. The molecule has 0 radical (unpaired) electrons. The Kier molecular flexibility index (Phi) is 4.59. The highest BCUT2D eigenvalue weighted by atomic mass is 16.5. The van der Waals surface area contributed by atoms with Crippen LogP contribution in [0.15, 0.2) is 18.2 Å². The monoisotopic (exact) mass is 210 g/mol. The molecule has 0 amide bonds. The van der Waals surface area contributed by atoms with E-state index in [0.717, 1.165) is 17.7 Å². The fourth-order valence-corrected chi connectivity index (χ4v) is 1.58. The number of ether oxygens (including phenoxy) is 1. The number of methoxy groups -OCH3 is 1. The predicted octanol–water partition coefficient (Wildman–Crippen LogP) is 1.33. The second-order valence-corrected chi connectivity index (χ2v) is 3.49. The Morgan fingerprint density at radius 1 is 1.27 bits per heavy atom. The lowest BCUT2D eigenvalue weighted by Gasteiger charge is -2.16. The first kappa shape index (κ1) is 12.0. The van der Waals surface area contributed by atoms with Gasteiger partial charge in [0, 0.05) is 11.5 Å². The number of aryl methyl sites for hydroxylation is 1. The number of aliphatic hydroxyl groups is 2. The van der Waals surface area contributed by atoms with Gasteiger partial charge in [0.25, 0.3) is 0 Å². The molecule has 0 spiro atoms. The molecule has 15 heavy (non-hydrogen) atoms. The third kappa shape index (κ3) is 2.70. The quantitative estimate of drug-likeness (QED) is 0.770. The van der Waals surface area contributed by atoms with E-state index in [1.54, 1.807) is 7.11 Å². The van der Waals surface area contributed by atoms with Gasteiger partial charge in [0.15, 0.2) is 0 Å². The normalized spacial score (nSPS) is 10.7. The Bertz CT molecular complexity index is 306. The van der Waals surface area contributed by atoms with Crippen molar-refractivity contribution in [3.05, 3.63) is 29.3 Å². The topological polar surface area (TPSA) is 49.7 Å². The van der Waals surface area contributed by atoms with Crippen molar-refractivity contribution in [1.82, 2.24) is 0 Å². The first-order valence-corrected chi connectivity index (χ1v) is 5.15. The van der Waals surface area contributed by atoms with E-state index in [4.69, 9.17) is 14.9 Å². The molecule has 0 aliphatic rings. The summed E-state index contributed by atoms with van der Waals surface area (Å²) in [6, 6.07) is 5.86. The molecule has 0 atom stereocenters. The average molecular weight is 210 g/mol. The van der Waals surface area contributed by atoms with E-state index in [2.05, 4.69) is 6.92 Å². The third-order valence-electron chi connectivity index (χ3n) is 2.58. The maximum Gasteiger partial charge on any atom is 0.122 e. The van der Waals surface area contributed by atoms with Gasteiger partial charge in [0.2, 0.25) is 0 Å². The van der Waals surface area contributed by atoms with Crippen LogP contribution < -0.4 is 4.74 Å². The van der Waals surface area contributed by atoms with Crippen LogP contribution >= 0.6 is 0 Å². The second kappa shape index (κ2) is 5.73. The first-order chi connectivity index (χ1) is 7.26. The van der Waals surface area contributed by atoms with Crippen molar-refractivity contribution < 1.29 is 14.9 Å². The maximum absolute atomic E-state index is 9.15. The second-order valence-electron chi connectivity index (χ2n) is 3.49. The van der Waals surface area contributed by atoms with Gasteiger partial charge in [-0.15, -0.1) is 0 Å². The van der Waals surface area contributed by atoms with Gasteiger partial charge in [-0.25, -0.2) is 0 Å². The molecule has 0 saturated carbocycles. The lowest BCUT2D eigenvalue weighted by atomic mass is 9.97. The van der Waals surface area contributed by atoms with Gasteiger partial charge in [-0.2, -0.15) is 0 Å². The molecular formula is C12H18O3. The highest BCUT2D eigenvalue weighted by Crippen LogP contribution is 2.27. The molecule has 3 heteroatoms. The molecule has 0 aliphatic carbocycles. The molecular weight excluding hydrogens is 192 g/mol. The van der Waals surface area contributed by atoms with E-state index in [0.29, 0.717) is 0 Å². The summed E-state index contributed by atoms with van der Waals surface area (Å²) in [5.41, 5.74) is 2.06. The van der Waals surface area contributed by atoms with Crippen molar-refractivity contribution in [2.24, 2.45) is 0 Å². The summed E-state index contributed by atoms with van der Waals surface area (Å²) in [6.45, 7) is 1.93. The van der Waals surface area contributed by atoms with Gasteiger partial charge < -0.3 is 14.9 Å². The van der Waals surface area contributed by atoms with Crippen LogP contribution in [-0.4, -0.2) is 30.5 Å². The molecule has 0 aromatic heterocycles. The van der Waals surface area contributed by atoms with Crippen LogP contribution in [0.5, 0.6) is 5.75 Å². The lowest BCUT2D eigenvalue weighted by molar-refractivity contribution is 0.190. The Hall–Kier alpha value is -1.06. The van der Waals surface area contributed by atoms with Crippen LogP contribution in [0.2, 0.25) is 0 Å². The summed E-state index contributed by atoms with van der Waals surface area (Å²) in [6.07, 6.45) is 0.931. The zero-order chi connectivity index (χ0) is 11.3. The van der Waals surface area contributed by atoms with Crippen LogP contribution in [0.25, 0.3) is 0 Å². The van der Waals surface area contributed by atoms with Gasteiger partial charge in [0.05, 0.1) is 20.3 Å². The van der Waals surface area contributed by atoms with E-state index in [9.17, 15) is 0 Å². The van der Waals surface area contributed by atoms with Crippen LogP contribution in [0.1, 0.15) is 24.0 Å². The van der Waals surface area contributed by atoms with Crippen LogP contribution in [0.4, 0.5) is 0 Å². The Labute approximate surface area is 90.3 Å². The Morgan fingerprint density at radius 2 is 1.93 bits per heavy atom. The summed E-state index contributed by atoms with van der Waals surface area (Å²) >= 11 is 0. The van der Waals surface area contributed by atoms with Crippen LogP contribution in [0.3, 0.4) is 0 Å². The molecule has 0 unspecified atom stereocenters. The number of hydrogen-bond acceptors (Lipinski definition) is 3. The van der Waals surface area contributed by atoms with Gasteiger partial charge in [-0.05, 0) is 18.1 Å². The fourth-order valence-electron chi connectivity index (χ4n) is 1.58. The van der Waals surface area contributed by atoms with E-state index in [1.165, 1.54) is 5.56 Å². The lowest BCUT2D eigenvalue weighted by Crippen LogP contribution is -2.10. The van der Waals surface area contributed by atoms with Gasteiger partial charge >= 0.3 is 0 Å². The number of rotatable bonds is 5. The number of benzene rings is 1. The standard InChI is InChI=1S/C12H18O3/c1-3-9-4-5-12(15-2)11(6-9)10(7-13)8-14/h4-6,10,13-14H,3,7-8H2,1-2H3. The molecule has 0 bridgehead atoms. The van der Waals surface area contributed by atoms with Crippen LogP contribution in [-0.2, 0) is 6.42 Å². The van der Waals surface area contributed by atoms with Crippen molar-refractivity contribution >= 4 is 0 Å². The smallest absolute Gasteiger partial charge is 0.122 e. The molecule has 1 rings (SSSR count). The average Bonchev–Trinajstić information content (AvgIpc) is 2.30. The van der Waals surface area contributed by atoms with Crippen molar-refractivity contribution in [1.29, 1.82) is 0 Å². The van der Waals surface area contributed by atoms with Crippen molar-refractivity contribution in [3.8, 4) is 5.75 Å². The maximum atomic E-state index is 9.15. The van der Waals surface area contributed by atoms with Crippen molar-refractivity contribution in [2.75, 3.05) is 20.3 Å². The minimum Gasteiger partial charge on any atom is -0.496 e. The summed E-state index contributed by atoms with van der Waals surface area (Å²) in [5.74, 6) is 0.465. The van der Waals surface area contributed by atoms with E-state index in [1.807, 2.05) is 18.2 Å². The van der Waals surface area contributed by atoms with E-state index in [-0.39, 0.29) is 19.1 Å². The zero-order valence-electron chi connectivity index (χ0n) is 9.23. The van der Waals surface area contributed by atoms with Gasteiger partial charge in [-0.3, -0.25) is 0 Å². The molecule has 0 saturated heterocycles. The first-order valence-electron chi connectivity index (χ1n) is 5.15.